The maximum atomic E-state index is 12.8. The number of rotatable bonds is 9. The molecule has 0 aliphatic heterocycles. The first-order valence-electron chi connectivity index (χ1n) is 10.3. The molecule has 3 rings (SSSR count). The van der Waals surface area contributed by atoms with Gasteiger partial charge in [-0.25, -0.2) is 12.7 Å². The average molecular weight is 537 g/mol. The maximum absolute atomic E-state index is 12.8. The van der Waals surface area contributed by atoms with Crippen LogP contribution in [-0.4, -0.2) is 47.7 Å². The van der Waals surface area contributed by atoms with Gasteiger partial charge in [-0.3, -0.25) is 9.52 Å². The summed E-state index contributed by atoms with van der Waals surface area (Å²) in [6, 6.07) is 18.7. The Balaban J connectivity index is 1.75. The van der Waals surface area contributed by atoms with Crippen LogP contribution in [0.2, 0.25) is 5.02 Å². The highest BCUT2D eigenvalue weighted by Crippen LogP contribution is 2.26. The first kappa shape index (κ1) is 26.5. The SMILES string of the molecule is Cc1c(Cl)cccc1NS(=O)(=O)c1ccc(NC(=O)CN(c2ccccc2)S(=O)(=O)N(C)C)cc1. The predicted octanol–water partition coefficient (Wildman–Crippen LogP) is 3.70. The van der Waals surface area contributed by atoms with Crippen molar-refractivity contribution in [3.05, 3.63) is 83.4 Å². The second kappa shape index (κ2) is 10.6. The maximum Gasteiger partial charge on any atom is 0.304 e. The molecule has 0 saturated heterocycles. The fourth-order valence-corrected chi connectivity index (χ4v) is 5.43. The summed E-state index contributed by atoms with van der Waals surface area (Å²) in [5.74, 6) is -0.595. The molecule has 0 aromatic heterocycles. The lowest BCUT2D eigenvalue weighted by Gasteiger charge is -2.26. The van der Waals surface area contributed by atoms with Crippen molar-refractivity contribution < 1.29 is 21.6 Å². The molecule has 3 aromatic rings. The van der Waals surface area contributed by atoms with Crippen LogP contribution in [-0.2, 0) is 25.0 Å². The van der Waals surface area contributed by atoms with Gasteiger partial charge in [-0.15, -0.1) is 0 Å². The van der Waals surface area contributed by atoms with Crippen molar-refractivity contribution in [1.82, 2.24) is 4.31 Å². The predicted molar refractivity (Wildman–Crippen MR) is 138 cm³/mol. The number of nitrogens with zero attached hydrogens (tertiary/aromatic N) is 2. The van der Waals surface area contributed by atoms with Gasteiger partial charge in [0.1, 0.15) is 6.54 Å². The zero-order valence-electron chi connectivity index (χ0n) is 19.3. The van der Waals surface area contributed by atoms with Gasteiger partial charge in [0.2, 0.25) is 5.91 Å². The molecule has 0 aliphatic carbocycles. The van der Waals surface area contributed by atoms with Crippen LogP contribution in [0, 0.1) is 6.92 Å². The van der Waals surface area contributed by atoms with Crippen LogP contribution in [0.1, 0.15) is 5.56 Å². The summed E-state index contributed by atoms with van der Waals surface area (Å²) in [5.41, 5.74) is 1.60. The minimum absolute atomic E-state index is 0.0176. The van der Waals surface area contributed by atoms with E-state index in [-0.39, 0.29) is 4.90 Å². The van der Waals surface area contributed by atoms with Crippen LogP contribution in [0.25, 0.3) is 0 Å². The molecule has 35 heavy (non-hydrogen) atoms. The van der Waals surface area contributed by atoms with E-state index in [1.165, 1.54) is 38.4 Å². The van der Waals surface area contributed by atoms with Gasteiger partial charge in [0, 0.05) is 24.8 Å². The molecule has 0 spiro atoms. The zero-order valence-corrected chi connectivity index (χ0v) is 21.7. The number of halogens is 1. The lowest BCUT2D eigenvalue weighted by Crippen LogP contribution is -2.44. The molecule has 0 radical (unpaired) electrons. The molecule has 0 fully saturated rings. The number of sulfonamides is 1. The van der Waals surface area contributed by atoms with Crippen LogP contribution < -0.4 is 14.3 Å². The molecule has 9 nitrogen and oxygen atoms in total. The summed E-state index contributed by atoms with van der Waals surface area (Å²) in [5, 5.41) is 3.04. The summed E-state index contributed by atoms with van der Waals surface area (Å²) in [7, 11) is -5.08. The van der Waals surface area contributed by atoms with Gasteiger partial charge in [0.25, 0.3) is 10.0 Å². The lowest BCUT2D eigenvalue weighted by molar-refractivity contribution is -0.114. The Bertz CT molecular complexity index is 1410. The Morgan fingerprint density at radius 3 is 2.11 bits per heavy atom. The monoisotopic (exact) mass is 536 g/mol. The van der Waals surface area contributed by atoms with E-state index in [0.717, 1.165) is 8.61 Å². The number of benzene rings is 3. The minimum Gasteiger partial charge on any atom is -0.325 e. The van der Waals surface area contributed by atoms with E-state index in [4.69, 9.17) is 11.6 Å². The number of amides is 1. The molecule has 0 saturated carbocycles. The first-order valence-corrected chi connectivity index (χ1v) is 13.6. The van der Waals surface area contributed by atoms with Gasteiger partial charge in [0.15, 0.2) is 0 Å². The third-order valence-corrected chi connectivity index (χ3v) is 8.64. The molecule has 0 heterocycles. The lowest BCUT2D eigenvalue weighted by atomic mass is 10.2. The first-order chi connectivity index (χ1) is 16.4. The van der Waals surface area contributed by atoms with Crippen molar-refractivity contribution in [3.8, 4) is 0 Å². The number of nitrogens with one attached hydrogen (secondary N) is 2. The molecule has 1 amide bonds. The molecule has 0 bridgehead atoms. The van der Waals surface area contributed by atoms with Crippen molar-refractivity contribution in [2.75, 3.05) is 35.0 Å². The van der Waals surface area contributed by atoms with E-state index < -0.39 is 32.7 Å². The third-order valence-electron chi connectivity index (χ3n) is 5.03. The number of para-hydroxylation sites is 1. The van der Waals surface area contributed by atoms with E-state index in [1.54, 1.807) is 55.5 Å². The van der Waals surface area contributed by atoms with E-state index in [9.17, 15) is 21.6 Å². The van der Waals surface area contributed by atoms with Gasteiger partial charge >= 0.3 is 10.2 Å². The van der Waals surface area contributed by atoms with Gasteiger partial charge < -0.3 is 5.32 Å². The van der Waals surface area contributed by atoms with Crippen LogP contribution in [0.3, 0.4) is 0 Å². The largest absolute Gasteiger partial charge is 0.325 e. The molecule has 0 aliphatic rings. The van der Waals surface area contributed by atoms with Gasteiger partial charge in [-0.1, -0.05) is 35.9 Å². The van der Waals surface area contributed by atoms with Gasteiger partial charge in [0.05, 0.1) is 16.3 Å². The Labute approximate surface area is 210 Å². The summed E-state index contributed by atoms with van der Waals surface area (Å²) >= 11 is 6.06. The smallest absolute Gasteiger partial charge is 0.304 e. The molecule has 3 aromatic carbocycles. The highest BCUT2D eigenvalue weighted by molar-refractivity contribution is 7.92. The Kier molecular flexibility index (Phi) is 8.06. The summed E-state index contributed by atoms with van der Waals surface area (Å²) in [6.07, 6.45) is 0. The summed E-state index contributed by atoms with van der Waals surface area (Å²) in [4.78, 5) is 12.7. The Morgan fingerprint density at radius 2 is 1.51 bits per heavy atom. The average Bonchev–Trinajstić information content (AvgIpc) is 2.81. The van der Waals surface area contributed by atoms with E-state index in [1.807, 2.05) is 0 Å². The van der Waals surface area contributed by atoms with Crippen molar-refractivity contribution >= 4 is 54.8 Å². The second-order valence-corrected chi connectivity index (χ2v) is 11.9. The van der Waals surface area contributed by atoms with Crippen molar-refractivity contribution in [2.45, 2.75) is 11.8 Å². The molecule has 0 atom stereocenters. The fraction of sp³-hybridized carbons (Fsp3) is 0.174. The van der Waals surface area contributed by atoms with E-state index >= 15 is 0 Å². The van der Waals surface area contributed by atoms with Crippen molar-refractivity contribution in [3.63, 3.8) is 0 Å². The number of anilines is 3. The molecule has 0 unspecified atom stereocenters. The zero-order chi connectivity index (χ0) is 25.8. The van der Waals surface area contributed by atoms with Crippen LogP contribution >= 0.6 is 11.6 Å². The standard InChI is InChI=1S/C23H25ClN4O5S2/c1-17-21(24)10-7-11-22(17)26-34(30,31)20-14-12-18(13-15-20)25-23(29)16-28(35(32,33)27(2)3)19-8-5-4-6-9-19/h4-15,26H,16H2,1-3H3,(H,25,29). The van der Waals surface area contributed by atoms with Crippen molar-refractivity contribution in [2.24, 2.45) is 0 Å². The summed E-state index contributed by atoms with van der Waals surface area (Å²) < 4.78 is 55.5. The fourth-order valence-electron chi connectivity index (χ4n) is 3.07. The highest BCUT2D eigenvalue weighted by Gasteiger charge is 2.27. The number of carbonyl (C=O) groups is 1. The number of carbonyl (C=O) groups excluding carboxylic acids is 1. The van der Waals surface area contributed by atoms with Gasteiger partial charge in [-0.05, 0) is 61.0 Å². The second-order valence-electron chi connectivity index (χ2n) is 7.72. The third kappa shape index (κ3) is 6.31. The molecular formula is C23H25ClN4O5S2. The molecule has 12 heteroatoms. The normalized spacial score (nSPS) is 11.8. The minimum atomic E-state index is -3.93. The van der Waals surface area contributed by atoms with E-state index in [0.29, 0.717) is 27.6 Å². The topological polar surface area (TPSA) is 116 Å². The Hall–Kier alpha value is -3.12. The quantitative estimate of drug-likeness (QED) is 0.432. The van der Waals surface area contributed by atoms with Crippen LogP contribution in [0.15, 0.2) is 77.7 Å². The molecular weight excluding hydrogens is 512 g/mol. The van der Waals surface area contributed by atoms with Crippen LogP contribution in [0.4, 0.5) is 17.1 Å². The van der Waals surface area contributed by atoms with E-state index in [2.05, 4.69) is 10.0 Å². The Morgan fingerprint density at radius 1 is 0.886 bits per heavy atom. The van der Waals surface area contributed by atoms with Crippen LogP contribution in [0.5, 0.6) is 0 Å². The molecule has 2 N–H and O–H groups in total. The summed E-state index contributed by atoms with van der Waals surface area (Å²) in [6.45, 7) is 1.23. The van der Waals surface area contributed by atoms with Crippen molar-refractivity contribution in [1.29, 1.82) is 0 Å². The highest BCUT2D eigenvalue weighted by atomic mass is 35.5. The number of hydrogen-bond acceptors (Lipinski definition) is 5. The van der Waals surface area contributed by atoms with Gasteiger partial charge in [-0.2, -0.15) is 12.7 Å². The molecule has 186 valence electrons. The number of hydrogen-bond donors (Lipinski definition) is 2.